The quantitative estimate of drug-likeness (QED) is 0.696. The summed E-state index contributed by atoms with van der Waals surface area (Å²) >= 11 is 0. The van der Waals surface area contributed by atoms with Gasteiger partial charge in [0.15, 0.2) is 0 Å². The molecule has 0 unspecified atom stereocenters. The van der Waals surface area contributed by atoms with Crippen LogP contribution in [0, 0.1) is 0 Å². The number of hydrogen-bond acceptors (Lipinski definition) is 4. The zero-order valence-corrected chi connectivity index (χ0v) is 12.6. The van der Waals surface area contributed by atoms with Crippen molar-refractivity contribution in [1.82, 2.24) is 8.61 Å². The highest BCUT2D eigenvalue weighted by molar-refractivity contribution is 7.89. The van der Waals surface area contributed by atoms with Crippen molar-refractivity contribution in [1.29, 1.82) is 0 Å². The summed E-state index contributed by atoms with van der Waals surface area (Å²) in [6.07, 6.45) is 1.49. The minimum Gasteiger partial charge on any atom is -0.212 e. The maximum Gasteiger partial charge on any atom is 0.214 e. The third kappa shape index (κ3) is 3.91. The number of sulfonamides is 2. The van der Waals surface area contributed by atoms with Crippen LogP contribution in [0.5, 0.6) is 0 Å². The molecule has 0 aliphatic carbocycles. The van der Waals surface area contributed by atoms with Gasteiger partial charge in [0.05, 0.1) is 11.5 Å². The highest BCUT2D eigenvalue weighted by Gasteiger charge is 2.30. The molecule has 0 aromatic heterocycles. The van der Waals surface area contributed by atoms with Crippen molar-refractivity contribution in [2.45, 2.75) is 26.7 Å². The average Bonchev–Trinajstić information content (AvgIpc) is 2.36. The molecule has 0 N–H and O–H groups in total. The molecule has 18 heavy (non-hydrogen) atoms. The van der Waals surface area contributed by atoms with Gasteiger partial charge < -0.3 is 0 Å². The van der Waals surface area contributed by atoms with Crippen LogP contribution in [-0.2, 0) is 20.0 Å². The van der Waals surface area contributed by atoms with Crippen LogP contribution in [0.4, 0.5) is 0 Å². The molecule has 1 saturated heterocycles. The predicted molar refractivity (Wildman–Crippen MR) is 71.3 cm³/mol. The van der Waals surface area contributed by atoms with E-state index < -0.39 is 20.0 Å². The van der Waals surface area contributed by atoms with Gasteiger partial charge in [-0.25, -0.2) is 16.8 Å². The summed E-state index contributed by atoms with van der Waals surface area (Å²) in [5.41, 5.74) is 0. The summed E-state index contributed by atoms with van der Waals surface area (Å²) in [6.45, 7) is 4.61. The summed E-state index contributed by atoms with van der Waals surface area (Å²) in [5.74, 6) is 0.222. The van der Waals surface area contributed by atoms with Gasteiger partial charge in [-0.1, -0.05) is 13.3 Å². The summed E-state index contributed by atoms with van der Waals surface area (Å²) in [7, 11) is -6.40. The molecule has 1 rings (SSSR count). The van der Waals surface area contributed by atoms with Gasteiger partial charge in [0.2, 0.25) is 20.0 Å². The Bertz CT molecular complexity index is 450. The van der Waals surface area contributed by atoms with Gasteiger partial charge in [-0.15, -0.1) is 0 Å². The summed E-state index contributed by atoms with van der Waals surface area (Å²) in [4.78, 5) is 0. The lowest BCUT2D eigenvalue weighted by molar-refractivity contribution is 0.273. The lowest BCUT2D eigenvalue weighted by atomic mass is 10.4. The normalized spacial score (nSPS) is 20.1. The van der Waals surface area contributed by atoms with E-state index in [2.05, 4.69) is 0 Å². The highest BCUT2D eigenvalue weighted by Crippen LogP contribution is 2.12. The molecule has 0 amide bonds. The molecule has 1 aliphatic rings. The lowest BCUT2D eigenvalue weighted by Crippen LogP contribution is -2.51. The second-order valence-electron chi connectivity index (χ2n) is 4.37. The van der Waals surface area contributed by atoms with Crippen LogP contribution < -0.4 is 0 Å². The number of unbranched alkanes of at least 4 members (excludes halogenated alkanes) is 1. The van der Waals surface area contributed by atoms with Crippen LogP contribution in [-0.4, -0.2) is 63.1 Å². The molecule has 108 valence electrons. The van der Waals surface area contributed by atoms with Crippen LogP contribution in [0.15, 0.2) is 0 Å². The van der Waals surface area contributed by atoms with E-state index in [0.29, 0.717) is 6.42 Å². The van der Waals surface area contributed by atoms with Crippen molar-refractivity contribution in [3.05, 3.63) is 0 Å². The molecule has 0 radical (unpaired) electrons. The molecule has 0 atom stereocenters. The molecule has 0 spiro atoms. The smallest absolute Gasteiger partial charge is 0.212 e. The number of nitrogens with zero attached hydrogens (tertiary/aromatic N) is 2. The molecule has 1 fully saturated rings. The second kappa shape index (κ2) is 6.31. The van der Waals surface area contributed by atoms with Gasteiger partial charge in [-0.2, -0.15) is 8.61 Å². The maximum absolute atomic E-state index is 11.9. The monoisotopic (exact) mass is 298 g/mol. The van der Waals surface area contributed by atoms with Crippen LogP contribution >= 0.6 is 0 Å². The molecule has 6 nitrogen and oxygen atoms in total. The molecule has 1 heterocycles. The Morgan fingerprint density at radius 3 is 1.67 bits per heavy atom. The van der Waals surface area contributed by atoms with Crippen LogP contribution in [0.25, 0.3) is 0 Å². The highest BCUT2D eigenvalue weighted by atomic mass is 32.2. The third-order valence-corrected chi connectivity index (χ3v) is 6.94. The fourth-order valence-electron chi connectivity index (χ4n) is 1.86. The van der Waals surface area contributed by atoms with Crippen molar-refractivity contribution in [2.24, 2.45) is 0 Å². The number of piperazine rings is 1. The van der Waals surface area contributed by atoms with Crippen molar-refractivity contribution in [3.8, 4) is 0 Å². The van der Waals surface area contributed by atoms with E-state index in [0.717, 1.165) is 6.42 Å². The van der Waals surface area contributed by atoms with E-state index in [1.165, 1.54) is 8.61 Å². The first-order valence-corrected chi connectivity index (χ1v) is 9.51. The van der Waals surface area contributed by atoms with Gasteiger partial charge in [-0.05, 0) is 13.3 Å². The summed E-state index contributed by atoms with van der Waals surface area (Å²) in [6, 6.07) is 0. The first-order chi connectivity index (χ1) is 8.33. The molecule has 0 aromatic carbocycles. The molecule has 1 aliphatic heterocycles. The number of hydrogen-bond donors (Lipinski definition) is 0. The average molecular weight is 298 g/mol. The molecular weight excluding hydrogens is 276 g/mol. The lowest BCUT2D eigenvalue weighted by Gasteiger charge is -2.33. The van der Waals surface area contributed by atoms with Crippen LogP contribution in [0.1, 0.15) is 26.7 Å². The van der Waals surface area contributed by atoms with E-state index in [1.54, 1.807) is 6.92 Å². The summed E-state index contributed by atoms with van der Waals surface area (Å²) < 4.78 is 49.9. The fourth-order valence-corrected chi connectivity index (χ4v) is 4.58. The largest absolute Gasteiger partial charge is 0.214 e. The Kier molecular flexibility index (Phi) is 5.57. The van der Waals surface area contributed by atoms with Gasteiger partial charge in [0, 0.05) is 26.2 Å². The summed E-state index contributed by atoms with van der Waals surface area (Å²) in [5, 5.41) is 0. The maximum atomic E-state index is 11.9. The zero-order valence-electron chi connectivity index (χ0n) is 11.0. The Morgan fingerprint density at radius 2 is 1.28 bits per heavy atom. The Hall–Kier alpha value is -0.180. The fraction of sp³-hybridized carbons (Fsp3) is 1.00. The van der Waals surface area contributed by atoms with E-state index in [-0.39, 0.29) is 37.7 Å². The minimum absolute atomic E-state index is 0.0651. The van der Waals surface area contributed by atoms with Gasteiger partial charge in [0.25, 0.3) is 0 Å². The first-order valence-electron chi connectivity index (χ1n) is 6.29. The molecule has 8 heteroatoms. The van der Waals surface area contributed by atoms with E-state index in [9.17, 15) is 16.8 Å². The molecule has 0 aromatic rings. The Morgan fingerprint density at radius 1 is 0.833 bits per heavy atom. The molecule has 0 bridgehead atoms. The van der Waals surface area contributed by atoms with Crippen LogP contribution in [0.2, 0.25) is 0 Å². The van der Waals surface area contributed by atoms with E-state index >= 15 is 0 Å². The minimum atomic E-state index is -3.21. The third-order valence-electron chi connectivity index (χ3n) is 3.11. The van der Waals surface area contributed by atoms with Gasteiger partial charge >= 0.3 is 0 Å². The first kappa shape index (κ1) is 15.9. The molecule has 0 saturated carbocycles. The zero-order chi connectivity index (χ0) is 13.8. The van der Waals surface area contributed by atoms with Gasteiger partial charge in [0.1, 0.15) is 0 Å². The van der Waals surface area contributed by atoms with E-state index in [4.69, 9.17) is 0 Å². The van der Waals surface area contributed by atoms with Crippen molar-refractivity contribution in [3.63, 3.8) is 0 Å². The predicted octanol–water partition coefficient (Wildman–Crippen LogP) is 0.0836. The molecular formula is C10H22N2O4S2. The number of rotatable bonds is 6. The topological polar surface area (TPSA) is 74.8 Å². The standard InChI is InChI=1S/C10H22N2O4S2/c1-3-5-10-18(15,16)12-8-6-11(7-9-12)17(13,14)4-2/h3-10H2,1-2H3. The van der Waals surface area contributed by atoms with Crippen molar-refractivity contribution in [2.75, 3.05) is 37.7 Å². The van der Waals surface area contributed by atoms with Crippen LogP contribution in [0.3, 0.4) is 0 Å². The van der Waals surface area contributed by atoms with Crippen molar-refractivity contribution >= 4 is 20.0 Å². The van der Waals surface area contributed by atoms with Gasteiger partial charge in [-0.3, -0.25) is 0 Å². The van der Waals surface area contributed by atoms with Crippen molar-refractivity contribution < 1.29 is 16.8 Å². The van der Waals surface area contributed by atoms with E-state index in [1.807, 2.05) is 6.92 Å². The SMILES string of the molecule is CCCCS(=O)(=O)N1CCN(S(=O)(=O)CC)CC1. The second-order valence-corrected chi connectivity index (χ2v) is 8.71. The Labute approximate surface area is 110 Å². The Balaban J connectivity index is 2.59.